The van der Waals surface area contributed by atoms with Gasteiger partial charge >= 0.3 is 31.7 Å². The van der Waals surface area contributed by atoms with Gasteiger partial charge in [0, 0.05) is 27.7 Å². The van der Waals surface area contributed by atoms with Gasteiger partial charge in [-0.15, -0.1) is 0 Å². The maximum absolute atomic E-state index is 13.6. The minimum atomic E-state index is -4.42. The van der Waals surface area contributed by atoms with Crippen molar-refractivity contribution in [2.45, 2.75) is 86.1 Å². The van der Waals surface area contributed by atoms with E-state index < -0.39 is 69.0 Å². The first-order chi connectivity index (χ1) is 17.6. The van der Waals surface area contributed by atoms with Gasteiger partial charge < -0.3 is 23.7 Å². The van der Waals surface area contributed by atoms with Gasteiger partial charge in [-0.1, -0.05) is 23.3 Å². The zero-order valence-corrected chi connectivity index (χ0v) is 23.8. The van der Waals surface area contributed by atoms with Gasteiger partial charge in [0.2, 0.25) is 6.29 Å². The van der Waals surface area contributed by atoms with Crippen molar-refractivity contribution in [3.8, 4) is 0 Å². The number of hydrogen-bond donors (Lipinski definition) is 0. The molecule has 216 valence electrons. The molecule has 0 amide bonds. The van der Waals surface area contributed by atoms with Crippen LogP contribution in [0.15, 0.2) is 23.3 Å². The van der Waals surface area contributed by atoms with Crippen molar-refractivity contribution in [3.05, 3.63) is 23.3 Å². The van der Waals surface area contributed by atoms with Gasteiger partial charge in [-0.2, -0.15) is 0 Å². The summed E-state index contributed by atoms with van der Waals surface area (Å²) in [5.41, 5.74) is 1.74. The first kappa shape index (κ1) is 33.5. The Labute approximate surface area is 222 Å². The number of esters is 4. The molecule has 1 heterocycles. The van der Waals surface area contributed by atoms with Crippen LogP contribution < -0.4 is 0 Å². The lowest BCUT2D eigenvalue weighted by Crippen LogP contribution is -2.62. The van der Waals surface area contributed by atoms with E-state index in [0.717, 1.165) is 38.8 Å². The second-order valence-corrected chi connectivity index (χ2v) is 10.4. The molecule has 1 aliphatic heterocycles. The Morgan fingerprint density at radius 3 is 1.55 bits per heavy atom. The number of ether oxygens (including phenoxy) is 5. The molecule has 1 fully saturated rings. The van der Waals surface area contributed by atoms with Gasteiger partial charge in [0.25, 0.3) is 0 Å². The Balaban J connectivity index is 3.50. The average Bonchev–Trinajstić information content (AvgIpc) is 2.75. The maximum Gasteiger partial charge on any atom is 0.477 e. The molecule has 0 bridgehead atoms. The molecule has 13 nitrogen and oxygen atoms in total. The average molecular weight is 565 g/mol. The molecule has 1 saturated heterocycles. The molecular formula is C24H37O13P. The minimum absolute atomic E-state index is 0.153. The van der Waals surface area contributed by atoms with Crippen LogP contribution in [0.25, 0.3) is 0 Å². The molecular weight excluding hydrogens is 527 g/mol. The lowest BCUT2D eigenvalue weighted by molar-refractivity contribution is -0.291. The zero-order chi connectivity index (χ0) is 29.0. The minimum Gasteiger partial charge on any atom is -0.463 e. The SMILES string of the molecule is CC(=O)OC[C@H]1O[C@H](OP(=O)(OCC=C(C)C)OCC=C(C)C)[C@@H](OC(C)=O)[C@@H](OC(C)=O)[C@@H]1OC(C)=O. The fourth-order valence-electron chi connectivity index (χ4n) is 3.09. The summed E-state index contributed by atoms with van der Waals surface area (Å²) in [7, 11) is -4.42. The topological polar surface area (TPSA) is 159 Å². The highest BCUT2D eigenvalue weighted by Gasteiger charge is 2.54. The molecule has 1 rings (SSSR count). The van der Waals surface area contributed by atoms with E-state index in [2.05, 4.69) is 0 Å². The van der Waals surface area contributed by atoms with Crippen LogP contribution in [-0.4, -0.2) is 74.4 Å². The maximum atomic E-state index is 13.6. The monoisotopic (exact) mass is 564 g/mol. The molecule has 0 N–H and O–H groups in total. The number of phosphoric acid groups is 1. The summed E-state index contributed by atoms with van der Waals surface area (Å²) in [4.78, 5) is 47.3. The van der Waals surface area contributed by atoms with Crippen LogP contribution in [0.3, 0.4) is 0 Å². The van der Waals surface area contributed by atoms with Crippen LogP contribution in [0.5, 0.6) is 0 Å². The van der Waals surface area contributed by atoms with Crippen LogP contribution in [0, 0.1) is 0 Å². The van der Waals surface area contributed by atoms with Crippen molar-refractivity contribution >= 4 is 31.7 Å². The number of allylic oxidation sites excluding steroid dienone is 2. The van der Waals surface area contributed by atoms with Crippen LogP contribution in [0.1, 0.15) is 55.4 Å². The third-order valence-electron chi connectivity index (χ3n) is 4.63. The summed E-state index contributed by atoms with van der Waals surface area (Å²) in [5, 5.41) is 0. The van der Waals surface area contributed by atoms with Crippen molar-refractivity contribution in [2.24, 2.45) is 0 Å². The lowest BCUT2D eigenvalue weighted by atomic mass is 9.98. The van der Waals surface area contributed by atoms with Crippen LogP contribution in [0.4, 0.5) is 0 Å². The van der Waals surface area contributed by atoms with E-state index in [1.807, 2.05) is 0 Å². The highest BCUT2D eigenvalue weighted by Crippen LogP contribution is 2.52. The molecule has 0 unspecified atom stereocenters. The molecule has 0 aromatic heterocycles. The van der Waals surface area contributed by atoms with Gasteiger partial charge in [-0.05, 0) is 27.7 Å². The van der Waals surface area contributed by atoms with Crippen LogP contribution in [-0.2, 0) is 61.0 Å². The van der Waals surface area contributed by atoms with Gasteiger partial charge in [-0.3, -0.25) is 32.7 Å². The first-order valence-electron chi connectivity index (χ1n) is 11.8. The Kier molecular flexibility index (Phi) is 13.9. The molecule has 0 spiro atoms. The standard InChI is InChI=1S/C24H37O13P/c1-14(2)9-11-31-38(29,32-12-10-15(3)4)37-24-23(35-19(8)28)22(34-18(7)27)21(33-17(6)26)20(36-24)13-30-16(5)25/h9-10,20-24H,11-13H2,1-8H3/t20-,21-,22+,23+,24-/m1/s1. The summed E-state index contributed by atoms with van der Waals surface area (Å²) in [6.45, 7) is 10.8. The van der Waals surface area contributed by atoms with Crippen LogP contribution >= 0.6 is 7.82 Å². The molecule has 5 atom stereocenters. The number of hydrogen-bond acceptors (Lipinski definition) is 13. The van der Waals surface area contributed by atoms with E-state index >= 15 is 0 Å². The van der Waals surface area contributed by atoms with Crippen molar-refractivity contribution in [1.29, 1.82) is 0 Å². The summed E-state index contributed by atoms with van der Waals surface area (Å²) >= 11 is 0. The summed E-state index contributed by atoms with van der Waals surface area (Å²) in [5.74, 6) is -3.13. The Bertz CT molecular complexity index is 923. The number of carbonyl (C=O) groups is 4. The van der Waals surface area contributed by atoms with E-state index in [9.17, 15) is 23.7 Å². The van der Waals surface area contributed by atoms with Gasteiger partial charge in [0.15, 0.2) is 18.3 Å². The third kappa shape index (κ3) is 12.3. The lowest BCUT2D eigenvalue weighted by Gasteiger charge is -2.44. The van der Waals surface area contributed by atoms with Gasteiger partial charge in [0.05, 0.1) is 13.2 Å². The number of rotatable bonds is 13. The van der Waals surface area contributed by atoms with Crippen molar-refractivity contribution in [3.63, 3.8) is 0 Å². The number of phosphoric ester groups is 1. The fraction of sp³-hybridized carbons (Fsp3) is 0.667. The third-order valence-corrected chi connectivity index (χ3v) is 6.03. The highest BCUT2D eigenvalue weighted by atomic mass is 31.2. The van der Waals surface area contributed by atoms with E-state index in [4.69, 9.17) is 37.3 Å². The normalized spacial score (nSPS) is 23.0. The van der Waals surface area contributed by atoms with E-state index in [-0.39, 0.29) is 13.2 Å². The zero-order valence-electron chi connectivity index (χ0n) is 22.9. The second kappa shape index (κ2) is 15.7. The van der Waals surface area contributed by atoms with E-state index in [0.29, 0.717) is 0 Å². The molecule has 0 aliphatic carbocycles. The molecule has 0 radical (unpaired) electrons. The first-order valence-corrected chi connectivity index (χ1v) is 13.2. The van der Waals surface area contributed by atoms with Crippen molar-refractivity contribution < 1.29 is 61.0 Å². The summed E-state index contributed by atoms with van der Waals surface area (Å²) in [6.07, 6.45) is -4.21. The summed E-state index contributed by atoms with van der Waals surface area (Å²) in [6, 6.07) is 0. The highest BCUT2D eigenvalue weighted by molar-refractivity contribution is 7.48. The fourth-order valence-corrected chi connectivity index (χ4v) is 4.22. The Morgan fingerprint density at radius 1 is 0.684 bits per heavy atom. The van der Waals surface area contributed by atoms with E-state index in [1.165, 1.54) is 0 Å². The molecule has 0 aromatic rings. The second-order valence-electron chi connectivity index (χ2n) is 8.77. The molecule has 14 heteroatoms. The summed E-state index contributed by atoms with van der Waals surface area (Å²) < 4.78 is 56.9. The van der Waals surface area contributed by atoms with E-state index in [1.54, 1.807) is 39.8 Å². The predicted molar refractivity (Wildman–Crippen MR) is 131 cm³/mol. The van der Waals surface area contributed by atoms with Crippen molar-refractivity contribution in [2.75, 3.05) is 19.8 Å². The Morgan fingerprint density at radius 2 is 1.13 bits per heavy atom. The molecule has 1 aliphatic rings. The molecule has 38 heavy (non-hydrogen) atoms. The smallest absolute Gasteiger partial charge is 0.463 e. The van der Waals surface area contributed by atoms with Crippen LogP contribution in [0.2, 0.25) is 0 Å². The predicted octanol–water partition coefficient (Wildman–Crippen LogP) is 3.16. The molecule has 0 aromatic carbocycles. The quantitative estimate of drug-likeness (QED) is 0.139. The van der Waals surface area contributed by atoms with Gasteiger partial charge in [-0.25, -0.2) is 4.57 Å². The molecule has 0 saturated carbocycles. The number of carbonyl (C=O) groups excluding carboxylic acids is 4. The largest absolute Gasteiger partial charge is 0.477 e. The van der Waals surface area contributed by atoms with Crippen molar-refractivity contribution in [1.82, 2.24) is 0 Å². The Hall–Kier alpha value is -2.57. The van der Waals surface area contributed by atoms with Gasteiger partial charge in [0.1, 0.15) is 12.7 Å².